The minimum absolute atomic E-state index is 0.0113. The van der Waals surface area contributed by atoms with Crippen LogP contribution in [0.25, 0.3) is 0 Å². The number of allylic oxidation sites excluding steroid dienone is 3. The first kappa shape index (κ1) is 41.5. The summed E-state index contributed by atoms with van der Waals surface area (Å²) in [7, 11) is 0. The first-order valence-corrected chi connectivity index (χ1v) is 16.6. The van der Waals surface area contributed by atoms with Gasteiger partial charge in [-0.1, -0.05) is 57.6 Å². The highest BCUT2D eigenvalue weighted by atomic mass is 19.4. The molecule has 2 aliphatic rings. The number of rotatable bonds is 20. The zero-order valence-corrected chi connectivity index (χ0v) is 26.7. The summed E-state index contributed by atoms with van der Waals surface area (Å²) in [5.74, 6) is -11.1. The lowest BCUT2D eigenvalue weighted by atomic mass is 9.69. The predicted molar refractivity (Wildman–Crippen MR) is 158 cm³/mol. The van der Waals surface area contributed by atoms with Crippen LogP contribution in [0.1, 0.15) is 90.4 Å². The second-order valence-electron chi connectivity index (χ2n) is 13.0. The third kappa shape index (κ3) is 12.0. The van der Waals surface area contributed by atoms with Crippen molar-refractivity contribution in [3.05, 3.63) is 37.2 Å². The summed E-state index contributed by atoms with van der Waals surface area (Å²) in [5, 5.41) is 0. The largest absolute Gasteiger partial charge is 0.400 e. The van der Waals surface area contributed by atoms with E-state index in [4.69, 9.17) is 0 Å². The van der Waals surface area contributed by atoms with Crippen LogP contribution in [0.2, 0.25) is 0 Å². The highest BCUT2D eigenvalue weighted by Crippen LogP contribution is 2.46. The molecule has 274 valence electrons. The summed E-state index contributed by atoms with van der Waals surface area (Å²) >= 11 is 0. The van der Waals surface area contributed by atoms with Gasteiger partial charge in [0.15, 0.2) is 0 Å². The summed E-state index contributed by atoms with van der Waals surface area (Å²) < 4.78 is 177. The van der Waals surface area contributed by atoms with Gasteiger partial charge in [-0.25, -0.2) is 30.7 Å². The molecule has 0 N–H and O–H groups in total. The molecule has 1 nitrogen and oxygen atoms in total. The molecule has 7 unspecified atom stereocenters. The molecule has 0 aromatic rings. The quantitative estimate of drug-likeness (QED) is 0.0698. The molecule has 0 aromatic heterocycles. The molecule has 13 heteroatoms. The van der Waals surface area contributed by atoms with E-state index in [1.54, 1.807) is 0 Å². The Morgan fingerprint density at radius 1 is 0.851 bits per heavy atom. The van der Waals surface area contributed by atoms with E-state index in [0.717, 1.165) is 32.1 Å². The lowest BCUT2D eigenvalue weighted by Gasteiger charge is -2.40. The second kappa shape index (κ2) is 18.9. The number of hydrogen-bond donors (Lipinski definition) is 0. The molecular weight excluding hydrogens is 652 g/mol. The van der Waals surface area contributed by atoms with Crippen molar-refractivity contribution in [1.82, 2.24) is 0 Å². The zero-order chi connectivity index (χ0) is 35.5. The van der Waals surface area contributed by atoms with Gasteiger partial charge in [0.05, 0.1) is 6.10 Å². The van der Waals surface area contributed by atoms with Crippen molar-refractivity contribution >= 4 is 0 Å². The molecule has 0 spiro atoms. The molecule has 0 aliphatic heterocycles. The van der Waals surface area contributed by atoms with E-state index in [2.05, 4.69) is 24.8 Å². The van der Waals surface area contributed by atoms with Crippen LogP contribution in [0.5, 0.6) is 0 Å². The number of ether oxygens (including phenoxy) is 1. The maximum absolute atomic E-state index is 15.3. The summed E-state index contributed by atoms with van der Waals surface area (Å²) in [6, 6.07) is 0. The van der Waals surface area contributed by atoms with Gasteiger partial charge in [0.25, 0.3) is 0 Å². The Morgan fingerprint density at radius 3 is 1.98 bits per heavy atom. The molecule has 2 aliphatic carbocycles. The second-order valence-corrected chi connectivity index (χ2v) is 13.0. The topological polar surface area (TPSA) is 9.23 Å². The van der Waals surface area contributed by atoms with Crippen LogP contribution < -0.4 is 0 Å². The molecule has 47 heavy (non-hydrogen) atoms. The number of alkyl halides is 11. The van der Waals surface area contributed by atoms with Crippen molar-refractivity contribution in [2.45, 2.75) is 146 Å². The van der Waals surface area contributed by atoms with Gasteiger partial charge in [-0.2, -0.15) is 22.0 Å². The average molecular weight is 701 g/mol. The third-order valence-electron chi connectivity index (χ3n) is 9.57. The number of halogens is 12. The van der Waals surface area contributed by atoms with Gasteiger partial charge in [-0.15, -0.1) is 13.2 Å². The van der Waals surface area contributed by atoms with E-state index in [1.165, 1.54) is 6.08 Å². The van der Waals surface area contributed by atoms with E-state index in [1.807, 2.05) is 0 Å². The molecule has 12 atom stereocenters. The van der Waals surface area contributed by atoms with E-state index in [0.29, 0.717) is 12.5 Å². The summed E-state index contributed by atoms with van der Waals surface area (Å²) in [4.78, 5) is 0. The maximum atomic E-state index is 15.3. The fourth-order valence-electron chi connectivity index (χ4n) is 7.00. The van der Waals surface area contributed by atoms with Gasteiger partial charge < -0.3 is 4.74 Å². The molecular formula is C34H48F12O. The van der Waals surface area contributed by atoms with Crippen molar-refractivity contribution < 1.29 is 57.4 Å². The Hall–Kier alpha value is -1.66. The Bertz CT molecular complexity index is 959. The lowest BCUT2D eigenvalue weighted by molar-refractivity contribution is -0.306. The molecule has 0 bridgehead atoms. The van der Waals surface area contributed by atoms with Crippen LogP contribution in [0.3, 0.4) is 0 Å². The molecule has 0 saturated heterocycles. The van der Waals surface area contributed by atoms with Crippen LogP contribution in [0.4, 0.5) is 52.7 Å². The van der Waals surface area contributed by atoms with Gasteiger partial charge in [-0.3, -0.25) is 0 Å². The Morgan fingerprint density at radius 2 is 1.45 bits per heavy atom. The van der Waals surface area contributed by atoms with Crippen LogP contribution in [0, 0.1) is 29.6 Å². The van der Waals surface area contributed by atoms with Gasteiger partial charge in [0, 0.05) is 12.3 Å². The van der Waals surface area contributed by atoms with Crippen molar-refractivity contribution in [3.8, 4) is 0 Å². The molecule has 0 radical (unpaired) electrons. The van der Waals surface area contributed by atoms with Gasteiger partial charge in [0.1, 0.15) is 54.7 Å². The molecule has 1 saturated carbocycles. The molecule has 1 fully saturated rings. The Labute approximate surface area is 270 Å². The summed E-state index contributed by atoms with van der Waals surface area (Å²) in [6.07, 6.45) is -21.5. The monoisotopic (exact) mass is 700 g/mol. The SMILES string of the molecule is C=CC[C@@H](C(F)CCCCCCCC)[C@H]1CC(F)C(CCC(F)C([C@@H](F)C=C)C(F)(F)OC2C=C(F)[C@@H](C(F)(F)F)C(F)C2)[C@@H](F)C1. The first-order valence-electron chi connectivity index (χ1n) is 16.6. The van der Waals surface area contributed by atoms with E-state index in [-0.39, 0.29) is 31.8 Å². The van der Waals surface area contributed by atoms with Crippen molar-refractivity contribution in [3.63, 3.8) is 0 Å². The Balaban J connectivity index is 2.05. The normalized spacial score (nSPS) is 30.6. The van der Waals surface area contributed by atoms with E-state index < -0.39 is 110 Å². The number of unbranched alkanes of at least 4 members (excludes halogenated alkanes) is 5. The maximum Gasteiger partial charge on any atom is 0.400 e. The van der Waals surface area contributed by atoms with Gasteiger partial charge in [-0.05, 0) is 56.4 Å². The minimum Gasteiger partial charge on any atom is -0.312 e. The molecule has 0 amide bonds. The van der Waals surface area contributed by atoms with Crippen LogP contribution >= 0.6 is 0 Å². The van der Waals surface area contributed by atoms with E-state index in [9.17, 15) is 26.3 Å². The molecule has 0 aromatic carbocycles. The standard InChI is InChI=1S/C34H48F12O/c1-4-7-8-9-10-11-13-25(36)22(12-5-2)20-16-27(38)23(28(39)17-20)14-15-26(37)32(24(35)6-3)34(45,46)47-21-18-29(40)31(30(41)19-21)33(42,43)44/h5-6,18,20-28,30-32H,2-4,7-17,19H2,1H3/t20-,21?,22-,23?,24+,25?,26?,27+,28?,30?,31-,32?/m1/s1. The molecule has 0 heterocycles. The Kier molecular flexibility index (Phi) is 16.7. The zero-order valence-electron chi connectivity index (χ0n) is 26.7. The van der Waals surface area contributed by atoms with Crippen LogP contribution in [0.15, 0.2) is 37.2 Å². The van der Waals surface area contributed by atoms with Crippen molar-refractivity contribution in [2.75, 3.05) is 0 Å². The van der Waals surface area contributed by atoms with Crippen LogP contribution in [-0.4, -0.2) is 55.4 Å². The minimum atomic E-state index is -5.34. The fourth-order valence-corrected chi connectivity index (χ4v) is 7.00. The van der Waals surface area contributed by atoms with Gasteiger partial charge in [0.2, 0.25) is 0 Å². The van der Waals surface area contributed by atoms with Crippen molar-refractivity contribution in [1.29, 1.82) is 0 Å². The summed E-state index contributed by atoms with van der Waals surface area (Å²) in [6.45, 7) is 8.72. The average Bonchev–Trinajstić information content (AvgIpc) is 2.95. The smallest absolute Gasteiger partial charge is 0.312 e. The predicted octanol–water partition coefficient (Wildman–Crippen LogP) is 12.0. The number of hydrogen-bond acceptors (Lipinski definition) is 1. The van der Waals surface area contributed by atoms with E-state index >= 15 is 26.3 Å². The van der Waals surface area contributed by atoms with Crippen LogP contribution in [-0.2, 0) is 4.74 Å². The first-order chi connectivity index (χ1) is 22.0. The fraction of sp³-hybridized carbons (Fsp3) is 0.824. The summed E-state index contributed by atoms with van der Waals surface area (Å²) in [5.41, 5.74) is 0. The van der Waals surface area contributed by atoms with Crippen molar-refractivity contribution in [2.24, 2.45) is 29.6 Å². The molecule has 2 rings (SSSR count). The third-order valence-corrected chi connectivity index (χ3v) is 9.57. The highest BCUT2D eigenvalue weighted by molar-refractivity contribution is 5.12. The van der Waals surface area contributed by atoms with Gasteiger partial charge >= 0.3 is 12.3 Å². The lowest BCUT2D eigenvalue weighted by Crippen LogP contribution is -2.47. The highest BCUT2D eigenvalue weighted by Gasteiger charge is 2.55.